The summed E-state index contributed by atoms with van der Waals surface area (Å²) in [7, 11) is 0. The Kier molecular flexibility index (Phi) is 6.28. The number of benzene rings is 2. The summed E-state index contributed by atoms with van der Waals surface area (Å²) in [5.41, 5.74) is 4.79. The van der Waals surface area contributed by atoms with Crippen LogP contribution in [0.2, 0.25) is 0 Å². The first-order chi connectivity index (χ1) is 16.1. The lowest BCUT2D eigenvalue weighted by Crippen LogP contribution is -2.22. The molecule has 0 spiro atoms. The third kappa shape index (κ3) is 4.73. The monoisotopic (exact) mass is 469 g/mol. The van der Waals surface area contributed by atoms with Crippen molar-refractivity contribution >= 4 is 23.2 Å². The van der Waals surface area contributed by atoms with Crippen molar-refractivity contribution in [3.63, 3.8) is 0 Å². The minimum absolute atomic E-state index is 0.00208. The summed E-state index contributed by atoms with van der Waals surface area (Å²) in [6.07, 6.45) is -2.64. The minimum atomic E-state index is -4.52. The first kappa shape index (κ1) is 23.3. The Bertz CT molecular complexity index is 1290. The second-order valence-electron chi connectivity index (χ2n) is 8.05. The van der Waals surface area contributed by atoms with Gasteiger partial charge in [0.1, 0.15) is 5.76 Å². The van der Waals surface area contributed by atoms with E-state index in [-0.39, 0.29) is 17.4 Å². The van der Waals surface area contributed by atoms with Crippen molar-refractivity contribution in [2.75, 3.05) is 5.32 Å². The van der Waals surface area contributed by atoms with Gasteiger partial charge < -0.3 is 9.73 Å². The van der Waals surface area contributed by atoms with Gasteiger partial charge in [-0.25, -0.2) is 5.43 Å². The van der Waals surface area contributed by atoms with Crippen LogP contribution >= 0.6 is 0 Å². The van der Waals surface area contributed by atoms with Crippen LogP contribution in [0.5, 0.6) is 0 Å². The number of amides is 2. The fourth-order valence-corrected chi connectivity index (χ4v) is 3.96. The Balaban J connectivity index is 1.57. The van der Waals surface area contributed by atoms with E-state index in [0.29, 0.717) is 47.4 Å². The molecule has 0 saturated heterocycles. The Morgan fingerprint density at radius 3 is 2.50 bits per heavy atom. The average Bonchev–Trinajstić information content (AvgIpc) is 3.14. The van der Waals surface area contributed by atoms with Gasteiger partial charge >= 0.3 is 6.18 Å². The average molecular weight is 469 g/mol. The molecular weight excluding hydrogens is 447 g/mol. The first-order valence-corrected chi connectivity index (χ1v) is 10.7. The molecule has 9 heteroatoms. The van der Waals surface area contributed by atoms with Crippen LogP contribution in [0.25, 0.3) is 0 Å². The lowest BCUT2D eigenvalue weighted by Gasteiger charge is -2.13. The molecule has 0 atom stereocenters. The molecule has 6 nitrogen and oxygen atoms in total. The van der Waals surface area contributed by atoms with E-state index in [1.165, 1.54) is 12.1 Å². The van der Waals surface area contributed by atoms with Crippen LogP contribution in [0, 0.1) is 13.8 Å². The molecule has 0 aliphatic heterocycles. The number of nitrogens with zero attached hydrogens (tertiary/aromatic N) is 1. The van der Waals surface area contributed by atoms with E-state index in [4.69, 9.17) is 4.42 Å². The fraction of sp³-hybridized carbons (Fsp3) is 0.240. The van der Waals surface area contributed by atoms with Crippen LogP contribution in [0.3, 0.4) is 0 Å². The second-order valence-corrected chi connectivity index (χ2v) is 8.05. The molecule has 34 heavy (non-hydrogen) atoms. The normalized spacial score (nSPS) is 14.6. The molecule has 0 unspecified atom stereocenters. The molecule has 2 amide bonds. The molecule has 2 N–H and O–H groups in total. The van der Waals surface area contributed by atoms with Crippen molar-refractivity contribution in [3.05, 3.63) is 87.9 Å². The van der Waals surface area contributed by atoms with Gasteiger partial charge in [-0.3, -0.25) is 9.59 Å². The number of halogens is 3. The Hall–Kier alpha value is -3.88. The molecule has 4 rings (SSSR count). The lowest BCUT2D eigenvalue weighted by atomic mass is 9.93. The highest BCUT2D eigenvalue weighted by Crippen LogP contribution is 2.32. The molecule has 3 aromatic rings. The number of anilines is 1. The summed E-state index contributed by atoms with van der Waals surface area (Å²) >= 11 is 0. The van der Waals surface area contributed by atoms with Crippen LogP contribution in [0.1, 0.15) is 61.8 Å². The van der Waals surface area contributed by atoms with Crippen molar-refractivity contribution < 1.29 is 27.2 Å². The summed E-state index contributed by atoms with van der Waals surface area (Å²) in [6.45, 7) is 3.52. The van der Waals surface area contributed by atoms with E-state index in [2.05, 4.69) is 15.8 Å². The molecule has 1 aliphatic carbocycles. The number of carbonyl (C=O) groups is 2. The van der Waals surface area contributed by atoms with Gasteiger partial charge in [-0.2, -0.15) is 18.3 Å². The summed E-state index contributed by atoms with van der Waals surface area (Å²) < 4.78 is 44.7. The van der Waals surface area contributed by atoms with Crippen molar-refractivity contribution in [2.24, 2.45) is 5.10 Å². The van der Waals surface area contributed by atoms with E-state index in [0.717, 1.165) is 17.7 Å². The molecular formula is C25H22F3N3O3. The highest BCUT2D eigenvalue weighted by Gasteiger charge is 2.31. The number of carbonyl (C=O) groups excluding carboxylic acids is 2. The highest BCUT2D eigenvalue weighted by molar-refractivity contribution is 6.09. The fourth-order valence-electron chi connectivity index (χ4n) is 3.96. The Labute approximate surface area is 193 Å². The molecule has 1 heterocycles. The van der Waals surface area contributed by atoms with Gasteiger partial charge in [0.15, 0.2) is 5.76 Å². The number of alkyl halides is 3. The van der Waals surface area contributed by atoms with E-state index in [9.17, 15) is 22.8 Å². The van der Waals surface area contributed by atoms with E-state index in [1.54, 1.807) is 19.1 Å². The summed E-state index contributed by atoms with van der Waals surface area (Å²) in [6, 6.07) is 11.5. The molecule has 0 radical (unpaired) electrons. The molecule has 0 saturated carbocycles. The van der Waals surface area contributed by atoms with Gasteiger partial charge in [0.05, 0.1) is 11.3 Å². The number of nitrogens with one attached hydrogen (secondary N) is 2. The summed E-state index contributed by atoms with van der Waals surface area (Å²) in [5.74, 6) is -0.444. The van der Waals surface area contributed by atoms with Crippen molar-refractivity contribution in [2.45, 2.75) is 39.3 Å². The van der Waals surface area contributed by atoms with Crippen molar-refractivity contribution in [1.29, 1.82) is 0 Å². The lowest BCUT2D eigenvalue weighted by molar-refractivity contribution is -0.137. The topological polar surface area (TPSA) is 83.7 Å². The van der Waals surface area contributed by atoms with Crippen LogP contribution in [0.4, 0.5) is 18.9 Å². The van der Waals surface area contributed by atoms with Gasteiger partial charge in [-0.15, -0.1) is 0 Å². The Morgan fingerprint density at radius 1 is 1.00 bits per heavy atom. The smallest absolute Gasteiger partial charge is 0.416 e. The summed E-state index contributed by atoms with van der Waals surface area (Å²) in [5, 5.41) is 6.77. The third-order valence-corrected chi connectivity index (χ3v) is 5.66. The molecule has 1 aliphatic rings. The van der Waals surface area contributed by atoms with Crippen LogP contribution in [-0.4, -0.2) is 17.5 Å². The van der Waals surface area contributed by atoms with Crippen LogP contribution in [-0.2, 0) is 12.6 Å². The number of rotatable bonds is 4. The molecule has 176 valence electrons. The third-order valence-electron chi connectivity index (χ3n) is 5.66. The van der Waals surface area contributed by atoms with Gasteiger partial charge in [0, 0.05) is 28.8 Å². The number of fused-ring (bicyclic) bond motifs is 1. The maximum Gasteiger partial charge on any atom is 0.416 e. The molecule has 1 aromatic heterocycles. The zero-order valence-electron chi connectivity index (χ0n) is 18.5. The largest absolute Gasteiger partial charge is 0.455 e. The second kappa shape index (κ2) is 9.17. The van der Waals surface area contributed by atoms with Crippen LogP contribution < -0.4 is 10.7 Å². The van der Waals surface area contributed by atoms with Gasteiger partial charge in [0.2, 0.25) is 0 Å². The van der Waals surface area contributed by atoms with Gasteiger partial charge in [0.25, 0.3) is 11.8 Å². The predicted octanol–water partition coefficient (Wildman–Crippen LogP) is 5.64. The van der Waals surface area contributed by atoms with Gasteiger partial charge in [-0.05, 0) is 56.5 Å². The molecule has 0 bridgehead atoms. The summed E-state index contributed by atoms with van der Waals surface area (Å²) in [4.78, 5) is 25.3. The molecule has 0 fully saturated rings. The van der Waals surface area contributed by atoms with Crippen molar-refractivity contribution in [3.8, 4) is 0 Å². The van der Waals surface area contributed by atoms with E-state index < -0.39 is 17.6 Å². The molecule has 2 aromatic carbocycles. The van der Waals surface area contributed by atoms with E-state index >= 15 is 0 Å². The van der Waals surface area contributed by atoms with Gasteiger partial charge in [-0.1, -0.05) is 24.3 Å². The SMILES string of the molecule is Cc1ccccc1C(=O)N/N=C1\CCCc2oc(C(=O)Nc3cccc(C(F)(F)F)c3)c(C)c21. The standard InChI is InChI=1S/C25H22F3N3O3/c1-14-7-3-4-10-18(14)23(32)31-30-19-11-6-12-20-21(19)15(2)22(34-20)24(33)29-17-9-5-8-16(13-17)25(26,27)28/h3-5,7-10,13H,6,11-12H2,1-2H3,(H,29,33)(H,31,32)/b30-19+. The maximum absolute atomic E-state index is 13.0. The first-order valence-electron chi connectivity index (χ1n) is 10.7. The number of furan rings is 1. The Morgan fingerprint density at radius 2 is 1.76 bits per heavy atom. The quantitative estimate of drug-likeness (QED) is 0.485. The minimum Gasteiger partial charge on any atom is -0.455 e. The predicted molar refractivity (Wildman–Crippen MR) is 121 cm³/mol. The number of hydrogen-bond acceptors (Lipinski definition) is 4. The van der Waals surface area contributed by atoms with E-state index in [1.807, 2.05) is 19.1 Å². The zero-order valence-corrected chi connectivity index (χ0v) is 18.5. The highest BCUT2D eigenvalue weighted by atomic mass is 19.4. The number of hydrogen-bond donors (Lipinski definition) is 2. The van der Waals surface area contributed by atoms with Crippen molar-refractivity contribution in [1.82, 2.24) is 5.43 Å². The van der Waals surface area contributed by atoms with Crippen LogP contribution in [0.15, 0.2) is 58.0 Å². The number of hydrazone groups is 1. The maximum atomic E-state index is 13.0. The number of aryl methyl sites for hydroxylation is 2. The zero-order chi connectivity index (χ0) is 24.5.